The molecule has 0 bridgehead atoms. The summed E-state index contributed by atoms with van der Waals surface area (Å²) in [6.07, 6.45) is 1.94. The number of ether oxygens (including phenoxy) is 2. The lowest BCUT2D eigenvalue weighted by atomic mass is 10.2. The van der Waals surface area contributed by atoms with Gasteiger partial charge in [0.1, 0.15) is 5.01 Å². The van der Waals surface area contributed by atoms with Gasteiger partial charge < -0.3 is 14.6 Å². The van der Waals surface area contributed by atoms with Gasteiger partial charge in [0, 0.05) is 24.2 Å². The van der Waals surface area contributed by atoms with Gasteiger partial charge in [-0.1, -0.05) is 0 Å². The molecule has 1 aromatic rings. The molecule has 0 spiro atoms. The Hall–Kier alpha value is -0.530. The molecule has 2 unspecified atom stereocenters. The summed E-state index contributed by atoms with van der Waals surface area (Å²) >= 11 is 1.66. The van der Waals surface area contributed by atoms with Gasteiger partial charge in [-0.05, 0) is 26.8 Å². The van der Waals surface area contributed by atoms with Gasteiger partial charge in [-0.3, -0.25) is 4.90 Å². The first-order chi connectivity index (χ1) is 9.63. The number of likely N-dealkylation sites (N-methyl/N-ethyl adjacent to an activating group) is 1. The van der Waals surface area contributed by atoms with E-state index in [4.69, 9.17) is 9.47 Å². The van der Waals surface area contributed by atoms with Crippen LogP contribution in [0, 0.1) is 6.92 Å². The van der Waals surface area contributed by atoms with Gasteiger partial charge in [-0.2, -0.15) is 0 Å². The molecule has 20 heavy (non-hydrogen) atoms. The Morgan fingerprint density at radius 3 is 3.15 bits per heavy atom. The maximum Gasteiger partial charge on any atom is 0.107 e. The van der Waals surface area contributed by atoms with Crippen molar-refractivity contribution in [2.45, 2.75) is 38.5 Å². The number of thiazole rings is 1. The molecule has 1 aliphatic rings. The third kappa shape index (κ3) is 5.46. The van der Waals surface area contributed by atoms with Crippen LogP contribution in [0.25, 0.3) is 0 Å². The quantitative estimate of drug-likeness (QED) is 0.787. The number of hydrogen-bond donors (Lipinski definition) is 1. The molecule has 1 fully saturated rings. The number of aryl methyl sites for hydroxylation is 1. The predicted molar refractivity (Wildman–Crippen MR) is 79.0 cm³/mol. The Morgan fingerprint density at radius 2 is 2.50 bits per heavy atom. The van der Waals surface area contributed by atoms with E-state index in [9.17, 15) is 5.11 Å². The van der Waals surface area contributed by atoms with E-state index in [0.29, 0.717) is 19.8 Å². The Bertz CT molecular complexity index is 394. The van der Waals surface area contributed by atoms with Gasteiger partial charge in [-0.15, -0.1) is 11.3 Å². The maximum absolute atomic E-state index is 9.95. The van der Waals surface area contributed by atoms with Crippen LogP contribution < -0.4 is 0 Å². The van der Waals surface area contributed by atoms with Crippen molar-refractivity contribution in [3.63, 3.8) is 0 Å². The molecular weight excluding hydrogens is 276 g/mol. The molecule has 2 atom stereocenters. The van der Waals surface area contributed by atoms with E-state index in [1.54, 1.807) is 11.3 Å². The van der Waals surface area contributed by atoms with Crippen LogP contribution in [0.4, 0.5) is 0 Å². The molecule has 1 N–H and O–H groups in total. The molecule has 1 aliphatic heterocycles. The van der Waals surface area contributed by atoms with Gasteiger partial charge in [0.2, 0.25) is 0 Å². The van der Waals surface area contributed by atoms with E-state index >= 15 is 0 Å². The summed E-state index contributed by atoms with van der Waals surface area (Å²) in [6.45, 7) is 5.14. The fraction of sp³-hybridized carbons (Fsp3) is 0.786. The first kappa shape index (κ1) is 15.9. The van der Waals surface area contributed by atoms with E-state index in [0.717, 1.165) is 36.7 Å². The summed E-state index contributed by atoms with van der Waals surface area (Å²) in [4.78, 5) is 6.49. The zero-order valence-electron chi connectivity index (χ0n) is 12.2. The van der Waals surface area contributed by atoms with Crippen molar-refractivity contribution in [3.8, 4) is 0 Å². The first-order valence-corrected chi connectivity index (χ1v) is 7.98. The molecule has 0 amide bonds. The van der Waals surface area contributed by atoms with Gasteiger partial charge >= 0.3 is 0 Å². The fourth-order valence-electron chi connectivity index (χ4n) is 2.29. The van der Waals surface area contributed by atoms with E-state index in [1.807, 2.05) is 19.4 Å². The van der Waals surface area contributed by atoms with Crippen LogP contribution in [0.15, 0.2) is 5.38 Å². The third-order valence-corrected chi connectivity index (χ3v) is 4.18. The van der Waals surface area contributed by atoms with Crippen molar-refractivity contribution in [2.24, 2.45) is 0 Å². The largest absolute Gasteiger partial charge is 0.389 e. The Balaban J connectivity index is 1.59. The smallest absolute Gasteiger partial charge is 0.107 e. The average Bonchev–Trinajstić information content (AvgIpc) is 3.01. The number of hydrogen-bond acceptors (Lipinski definition) is 6. The van der Waals surface area contributed by atoms with Crippen molar-refractivity contribution in [1.82, 2.24) is 9.88 Å². The highest BCUT2D eigenvalue weighted by atomic mass is 32.1. The molecule has 2 heterocycles. The highest BCUT2D eigenvalue weighted by molar-refractivity contribution is 7.09. The van der Waals surface area contributed by atoms with Gasteiger partial charge in [0.25, 0.3) is 0 Å². The lowest BCUT2D eigenvalue weighted by Gasteiger charge is -2.20. The standard InChI is InChI=1S/C14H24N2O3S/c1-11-10-20-14(15-11)7-16(2)6-12(17)8-18-9-13-4-3-5-19-13/h10,12-13,17H,3-9H2,1-2H3. The Morgan fingerprint density at radius 1 is 1.65 bits per heavy atom. The van der Waals surface area contributed by atoms with Crippen molar-refractivity contribution in [1.29, 1.82) is 0 Å². The second-order valence-corrected chi connectivity index (χ2v) is 6.35. The summed E-state index contributed by atoms with van der Waals surface area (Å²) in [5.74, 6) is 0. The van der Waals surface area contributed by atoms with E-state index in [1.165, 1.54) is 0 Å². The second-order valence-electron chi connectivity index (χ2n) is 5.41. The molecular formula is C14H24N2O3S. The van der Waals surface area contributed by atoms with Gasteiger partial charge in [0.15, 0.2) is 0 Å². The zero-order chi connectivity index (χ0) is 14.4. The van der Waals surface area contributed by atoms with Crippen LogP contribution in [0.5, 0.6) is 0 Å². The van der Waals surface area contributed by atoms with Gasteiger partial charge in [-0.25, -0.2) is 4.98 Å². The summed E-state index contributed by atoms with van der Waals surface area (Å²) in [5.41, 5.74) is 1.05. The topological polar surface area (TPSA) is 54.8 Å². The molecule has 0 radical (unpaired) electrons. The number of aliphatic hydroxyl groups excluding tert-OH is 1. The van der Waals surface area contributed by atoms with E-state index < -0.39 is 6.10 Å². The molecule has 6 heteroatoms. The fourth-order valence-corrected chi connectivity index (χ4v) is 3.15. The molecule has 1 saturated heterocycles. The third-order valence-electron chi connectivity index (χ3n) is 3.23. The maximum atomic E-state index is 9.95. The van der Waals surface area contributed by atoms with Crippen LogP contribution in [-0.2, 0) is 16.0 Å². The summed E-state index contributed by atoms with van der Waals surface area (Å²) in [6, 6.07) is 0. The van der Waals surface area contributed by atoms with Crippen molar-refractivity contribution in [2.75, 3.05) is 33.4 Å². The van der Waals surface area contributed by atoms with E-state index in [-0.39, 0.29) is 6.10 Å². The van der Waals surface area contributed by atoms with Gasteiger partial charge in [0.05, 0.1) is 32.0 Å². The molecule has 1 aromatic heterocycles. The number of aliphatic hydroxyl groups is 1. The highest BCUT2D eigenvalue weighted by Crippen LogP contribution is 2.13. The van der Waals surface area contributed by atoms with Crippen molar-refractivity contribution >= 4 is 11.3 Å². The summed E-state index contributed by atoms with van der Waals surface area (Å²) < 4.78 is 11.0. The Labute approximate surface area is 124 Å². The molecule has 114 valence electrons. The second kappa shape index (κ2) is 8.05. The summed E-state index contributed by atoms with van der Waals surface area (Å²) in [5, 5.41) is 13.1. The normalized spacial score (nSPS) is 20.7. The highest BCUT2D eigenvalue weighted by Gasteiger charge is 2.16. The van der Waals surface area contributed by atoms with Crippen LogP contribution in [-0.4, -0.2) is 60.6 Å². The molecule has 0 saturated carbocycles. The first-order valence-electron chi connectivity index (χ1n) is 7.10. The molecule has 0 aromatic carbocycles. The van der Waals surface area contributed by atoms with Crippen LogP contribution in [0.3, 0.4) is 0 Å². The van der Waals surface area contributed by atoms with Crippen LogP contribution >= 0.6 is 11.3 Å². The van der Waals surface area contributed by atoms with E-state index in [2.05, 4.69) is 9.88 Å². The lowest BCUT2D eigenvalue weighted by molar-refractivity contribution is -0.0238. The zero-order valence-corrected chi connectivity index (χ0v) is 13.1. The number of rotatable bonds is 8. The van der Waals surface area contributed by atoms with Crippen LogP contribution in [0.2, 0.25) is 0 Å². The predicted octanol–water partition coefficient (Wildman–Crippen LogP) is 1.44. The SMILES string of the molecule is Cc1csc(CN(C)CC(O)COCC2CCCO2)n1. The number of nitrogens with zero attached hydrogens (tertiary/aromatic N) is 2. The van der Waals surface area contributed by atoms with Crippen molar-refractivity contribution in [3.05, 3.63) is 16.1 Å². The average molecular weight is 300 g/mol. The summed E-state index contributed by atoms with van der Waals surface area (Å²) in [7, 11) is 1.99. The molecule has 0 aliphatic carbocycles. The van der Waals surface area contributed by atoms with Crippen molar-refractivity contribution < 1.29 is 14.6 Å². The minimum atomic E-state index is -0.470. The number of aromatic nitrogens is 1. The monoisotopic (exact) mass is 300 g/mol. The Kier molecular flexibility index (Phi) is 6.38. The lowest BCUT2D eigenvalue weighted by Crippen LogP contribution is -2.32. The molecule has 5 nitrogen and oxygen atoms in total. The minimum absolute atomic E-state index is 0.221. The molecule has 2 rings (SSSR count). The van der Waals surface area contributed by atoms with Crippen LogP contribution in [0.1, 0.15) is 23.5 Å². The minimum Gasteiger partial charge on any atom is -0.389 e.